The number of nitrogens with two attached hydrogens (primary N) is 1. The van der Waals surface area contributed by atoms with Crippen molar-refractivity contribution in [3.05, 3.63) is 59.3 Å². The van der Waals surface area contributed by atoms with Crippen LogP contribution in [0.25, 0.3) is 5.52 Å². The number of rotatable bonds is 29. The molecular weight excluding hydrogens is 787 g/mol. The molecule has 0 spiro atoms. The first-order valence-electron chi connectivity index (χ1n) is 20.6. The zero-order valence-electron chi connectivity index (χ0n) is 33.6. The fourth-order valence-electron chi connectivity index (χ4n) is 7.06. The van der Waals surface area contributed by atoms with E-state index in [1.807, 2.05) is 12.1 Å². The van der Waals surface area contributed by atoms with Crippen LogP contribution in [0.4, 0.5) is 10.2 Å². The molecule has 0 aliphatic carbocycles. The van der Waals surface area contributed by atoms with Gasteiger partial charge in [0.05, 0.1) is 43.8 Å². The number of nitrogen functional groups attached to an aromatic ring is 1. The summed E-state index contributed by atoms with van der Waals surface area (Å²) in [5.74, 6) is -0.440. The second kappa shape index (κ2) is 24.8. The standard InChI is InChI=1S/C41H60FN6O8PS/c1-2-3-4-5-6-7-8-9-10-11-12-13-14-15-16-17-20-52-26-34(53-25-32-21-31(24-43)22-33(42)23-32)27-54-57(51,58)55-28-36-38(49)39(50)41(29-44,56-36)37-19-18-35-40(45)46-30-47-48(35)37/h18-19,21-23,30,34,36,38-39,49-50H,2-17,20,25-28H2,1H3,(H,51,58)(H2,45,46,47)/t34-,36-,38-,39-,41+,57?/m1/s1. The minimum atomic E-state index is -4.00. The lowest BCUT2D eigenvalue weighted by atomic mass is 9.92. The second-order valence-electron chi connectivity index (χ2n) is 14.9. The average molecular weight is 847 g/mol. The number of halogens is 1. The van der Waals surface area contributed by atoms with Crippen LogP contribution in [0.2, 0.25) is 0 Å². The molecule has 2 aromatic heterocycles. The predicted octanol–water partition coefficient (Wildman–Crippen LogP) is 7.28. The summed E-state index contributed by atoms with van der Waals surface area (Å²) >= 11 is 5.24. The van der Waals surface area contributed by atoms with Gasteiger partial charge in [-0.3, -0.25) is 0 Å². The van der Waals surface area contributed by atoms with E-state index in [9.17, 15) is 30.0 Å². The highest BCUT2D eigenvalue weighted by atomic mass is 32.5. The third kappa shape index (κ3) is 14.6. The normalized spacial score (nSPS) is 20.8. The van der Waals surface area contributed by atoms with E-state index in [0.29, 0.717) is 17.7 Å². The number of unbranched alkanes of at least 4 members (excludes halogenated alkanes) is 15. The summed E-state index contributed by atoms with van der Waals surface area (Å²) in [6.45, 7) is -2.05. The molecule has 1 unspecified atom stereocenters. The number of aliphatic hydroxyl groups is 2. The highest BCUT2D eigenvalue weighted by Gasteiger charge is 2.57. The molecule has 58 heavy (non-hydrogen) atoms. The van der Waals surface area contributed by atoms with Gasteiger partial charge >= 0.3 is 6.72 Å². The lowest BCUT2D eigenvalue weighted by Crippen LogP contribution is -2.41. The maximum absolute atomic E-state index is 14.1. The molecule has 4 rings (SSSR count). The van der Waals surface area contributed by atoms with Crippen molar-refractivity contribution < 1.29 is 42.8 Å². The van der Waals surface area contributed by atoms with Gasteiger partial charge in [-0.2, -0.15) is 15.6 Å². The van der Waals surface area contributed by atoms with E-state index in [0.717, 1.165) is 25.3 Å². The van der Waals surface area contributed by atoms with Crippen molar-refractivity contribution in [2.75, 3.05) is 32.2 Å². The Bertz CT molecular complexity index is 1830. The Labute approximate surface area is 346 Å². The lowest BCUT2D eigenvalue weighted by Gasteiger charge is -2.24. The van der Waals surface area contributed by atoms with E-state index in [2.05, 4.69) is 17.0 Å². The van der Waals surface area contributed by atoms with Gasteiger partial charge in [-0.15, -0.1) is 0 Å². The topological polar surface area (TPSA) is 211 Å². The molecule has 1 aliphatic heterocycles. The molecule has 14 nitrogen and oxygen atoms in total. The average Bonchev–Trinajstić information content (AvgIpc) is 3.76. The molecule has 1 aromatic carbocycles. The van der Waals surface area contributed by atoms with Crippen LogP contribution in [-0.4, -0.2) is 80.5 Å². The number of anilines is 1. The summed E-state index contributed by atoms with van der Waals surface area (Å²) in [5.41, 5.74) is 4.90. The number of fused-ring (bicyclic) bond motifs is 1. The van der Waals surface area contributed by atoms with Crippen molar-refractivity contribution in [2.24, 2.45) is 0 Å². The number of hydrogen-bond donors (Lipinski definition) is 4. The molecule has 1 saturated heterocycles. The molecule has 0 saturated carbocycles. The van der Waals surface area contributed by atoms with Crippen LogP contribution in [0.5, 0.6) is 0 Å². The van der Waals surface area contributed by atoms with Crippen molar-refractivity contribution in [1.29, 1.82) is 10.5 Å². The summed E-state index contributed by atoms with van der Waals surface area (Å²) in [4.78, 5) is 14.9. The van der Waals surface area contributed by atoms with Crippen LogP contribution in [0.1, 0.15) is 126 Å². The molecule has 0 amide bonds. The highest BCUT2D eigenvalue weighted by Crippen LogP contribution is 2.46. The van der Waals surface area contributed by atoms with Crippen molar-refractivity contribution in [3.8, 4) is 12.1 Å². The first-order valence-corrected chi connectivity index (χ1v) is 23.2. The number of nitrogens with zero attached hydrogens (tertiary/aromatic N) is 5. The predicted molar refractivity (Wildman–Crippen MR) is 220 cm³/mol. The van der Waals surface area contributed by atoms with Gasteiger partial charge in [0.1, 0.15) is 48.1 Å². The Hall–Kier alpha value is -3.12. The molecule has 0 bridgehead atoms. The van der Waals surface area contributed by atoms with Crippen molar-refractivity contribution in [2.45, 2.75) is 146 Å². The Kier molecular flexibility index (Phi) is 20.4. The largest absolute Gasteiger partial charge is 0.387 e. The first kappa shape index (κ1) is 47.6. The highest BCUT2D eigenvalue weighted by molar-refractivity contribution is 8.07. The molecule has 1 fully saturated rings. The summed E-state index contributed by atoms with van der Waals surface area (Å²) in [5, 5.41) is 45.4. The monoisotopic (exact) mass is 846 g/mol. The van der Waals surface area contributed by atoms with Gasteiger partial charge in [0.2, 0.25) is 5.60 Å². The fraction of sp³-hybridized carbons (Fsp3) is 0.659. The number of aliphatic hydroxyl groups excluding tert-OH is 2. The maximum Gasteiger partial charge on any atom is 0.324 e. The van der Waals surface area contributed by atoms with Crippen molar-refractivity contribution >= 4 is 29.9 Å². The van der Waals surface area contributed by atoms with Crippen molar-refractivity contribution in [3.63, 3.8) is 0 Å². The fourth-order valence-corrected chi connectivity index (χ4v) is 8.19. The minimum Gasteiger partial charge on any atom is -0.387 e. The molecule has 5 N–H and O–H groups in total. The Balaban J connectivity index is 1.20. The van der Waals surface area contributed by atoms with Gasteiger partial charge in [0.15, 0.2) is 5.82 Å². The van der Waals surface area contributed by atoms with Crippen LogP contribution in [0.15, 0.2) is 36.7 Å². The van der Waals surface area contributed by atoms with E-state index < -0.39 is 49.2 Å². The zero-order valence-corrected chi connectivity index (χ0v) is 35.3. The van der Waals surface area contributed by atoms with Crippen LogP contribution in [-0.2, 0) is 47.3 Å². The molecule has 1 aliphatic rings. The lowest BCUT2D eigenvalue weighted by molar-refractivity contribution is -0.0660. The molecule has 17 heteroatoms. The summed E-state index contributed by atoms with van der Waals surface area (Å²) in [6, 6.07) is 10.8. The van der Waals surface area contributed by atoms with Gasteiger partial charge in [0.25, 0.3) is 0 Å². The third-order valence-corrected chi connectivity index (χ3v) is 11.9. The quantitative estimate of drug-likeness (QED) is 0.0400. The van der Waals surface area contributed by atoms with Gasteiger partial charge in [-0.25, -0.2) is 13.9 Å². The number of ether oxygens (including phenoxy) is 3. The smallest absolute Gasteiger partial charge is 0.324 e. The van der Waals surface area contributed by atoms with Gasteiger partial charge in [-0.05, 0) is 54.1 Å². The Morgan fingerprint density at radius 1 is 0.948 bits per heavy atom. The van der Waals surface area contributed by atoms with E-state index in [4.69, 9.17) is 40.8 Å². The molecule has 320 valence electrons. The van der Waals surface area contributed by atoms with Gasteiger partial charge in [0, 0.05) is 6.61 Å². The summed E-state index contributed by atoms with van der Waals surface area (Å²) in [7, 11) is 0. The first-order chi connectivity index (χ1) is 28.0. The zero-order chi connectivity index (χ0) is 41.8. The number of hydrogen-bond acceptors (Lipinski definition) is 13. The Morgan fingerprint density at radius 3 is 2.21 bits per heavy atom. The molecular formula is C41H60FN6O8PS. The molecule has 3 aromatic rings. The van der Waals surface area contributed by atoms with Crippen LogP contribution in [0, 0.1) is 28.5 Å². The van der Waals surface area contributed by atoms with Crippen LogP contribution >= 0.6 is 6.72 Å². The molecule has 3 heterocycles. The van der Waals surface area contributed by atoms with Crippen LogP contribution in [0.3, 0.4) is 0 Å². The van der Waals surface area contributed by atoms with Crippen molar-refractivity contribution in [1.82, 2.24) is 14.6 Å². The van der Waals surface area contributed by atoms with E-state index >= 15 is 0 Å². The minimum absolute atomic E-state index is 0.0702. The van der Waals surface area contributed by atoms with E-state index in [1.165, 1.54) is 113 Å². The number of benzene rings is 1. The number of aromatic nitrogens is 3. The van der Waals surface area contributed by atoms with Gasteiger partial charge in [-0.1, -0.05) is 103 Å². The molecule has 6 atom stereocenters. The van der Waals surface area contributed by atoms with Gasteiger partial charge < -0.3 is 44.1 Å². The summed E-state index contributed by atoms with van der Waals surface area (Å²) < 4.78 is 44.3. The number of nitriles is 2. The van der Waals surface area contributed by atoms with Crippen LogP contribution < -0.4 is 5.73 Å². The second-order valence-corrected chi connectivity index (χ2v) is 17.8. The molecule has 0 radical (unpaired) electrons. The maximum atomic E-state index is 14.1. The SMILES string of the molecule is CCCCCCCCCCCCCCCCCCOC[C@H](COP(O)(=S)OC[C@H]1O[C@@](C#N)(c2ccc3c(N)ncnn23)[C@H](O)[C@@H]1O)OCc1cc(F)cc(C#N)c1. The van der Waals surface area contributed by atoms with E-state index in [-0.39, 0.29) is 36.9 Å². The summed E-state index contributed by atoms with van der Waals surface area (Å²) in [6.07, 6.45) is 16.1. The Morgan fingerprint density at radius 2 is 1.59 bits per heavy atom. The van der Waals surface area contributed by atoms with E-state index in [1.54, 1.807) is 6.07 Å². The third-order valence-electron chi connectivity index (χ3n) is 10.3.